The summed E-state index contributed by atoms with van der Waals surface area (Å²) in [6.45, 7) is 3.61. The van der Waals surface area contributed by atoms with Gasteiger partial charge in [0.2, 0.25) is 11.8 Å². The Bertz CT molecular complexity index is 440. The minimum absolute atomic E-state index is 0.0236. The molecule has 0 saturated carbocycles. The molecule has 0 aromatic carbocycles. The molecule has 0 radical (unpaired) electrons. The van der Waals surface area contributed by atoms with Gasteiger partial charge < -0.3 is 19.4 Å². The Kier molecular flexibility index (Phi) is 4.69. The molecule has 2 aliphatic rings. The third-order valence-corrected chi connectivity index (χ3v) is 4.38. The molecule has 2 fully saturated rings. The van der Waals surface area contributed by atoms with Crippen LogP contribution < -0.4 is 0 Å². The van der Waals surface area contributed by atoms with Gasteiger partial charge in [-0.1, -0.05) is 0 Å². The number of hydrogen-bond acceptors (Lipinski definition) is 4. The summed E-state index contributed by atoms with van der Waals surface area (Å²) in [5.74, 6) is -0.305. The van der Waals surface area contributed by atoms with Crippen molar-refractivity contribution in [3.8, 4) is 0 Å². The molecule has 2 saturated heterocycles. The first-order valence-corrected chi connectivity index (χ1v) is 7.31. The van der Waals surface area contributed by atoms with Crippen LogP contribution >= 0.6 is 0 Å². The van der Waals surface area contributed by atoms with Gasteiger partial charge in [-0.05, 0) is 19.8 Å². The molecular weight excluding hydrogens is 274 g/mol. The lowest BCUT2D eigenvalue weighted by Gasteiger charge is -2.40. The average molecular weight is 297 g/mol. The second-order valence-corrected chi connectivity index (χ2v) is 5.83. The van der Waals surface area contributed by atoms with E-state index in [0.717, 1.165) is 12.8 Å². The highest BCUT2D eigenvalue weighted by Gasteiger charge is 2.36. The molecule has 7 heteroatoms. The normalized spacial score (nSPS) is 26.8. The van der Waals surface area contributed by atoms with Crippen LogP contribution in [0.3, 0.4) is 0 Å². The summed E-state index contributed by atoms with van der Waals surface area (Å²) in [6, 6.07) is 0.0236. The molecule has 0 aromatic rings. The number of hydrogen-bond donors (Lipinski definition) is 0. The van der Waals surface area contributed by atoms with Crippen molar-refractivity contribution >= 4 is 17.9 Å². The highest BCUT2D eigenvalue weighted by atomic mass is 16.5. The van der Waals surface area contributed by atoms with Gasteiger partial charge in [0.15, 0.2) is 0 Å². The Hall–Kier alpha value is -1.79. The van der Waals surface area contributed by atoms with Crippen LogP contribution in [0.4, 0.5) is 4.79 Å². The number of carbonyl (C=O) groups is 3. The van der Waals surface area contributed by atoms with Crippen LogP contribution in [0.5, 0.6) is 0 Å². The summed E-state index contributed by atoms with van der Waals surface area (Å²) < 4.78 is 4.71. The van der Waals surface area contributed by atoms with E-state index < -0.39 is 6.09 Å². The van der Waals surface area contributed by atoms with Gasteiger partial charge in [0.1, 0.15) is 0 Å². The number of likely N-dealkylation sites (N-methyl/N-ethyl adjacent to an activating group) is 1. The summed E-state index contributed by atoms with van der Waals surface area (Å²) in [5, 5.41) is 0. The van der Waals surface area contributed by atoms with E-state index in [1.807, 2.05) is 6.92 Å². The van der Waals surface area contributed by atoms with Crippen LogP contribution in [-0.4, -0.2) is 79.0 Å². The quantitative estimate of drug-likeness (QED) is 0.691. The Balaban J connectivity index is 1.99. The van der Waals surface area contributed by atoms with Gasteiger partial charge in [-0.2, -0.15) is 0 Å². The molecule has 0 bridgehead atoms. The van der Waals surface area contributed by atoms with Crippen LogP contribution in [0.2, 0.25) is 0 Å². The van der Waals surface area contributed by atoms with Gasteiger partial charge in [0.25, 0.3) is 0 Å². The number of likely N-dealkylation sites (tertiary alicyclic amines) is 1. The number of nitrogens with zero attached hydrogens (tertiary/aromatic N) is 3. The number of rotatable bonds is 1. The predicted molar refractivity (Wildman–Crippen MR) is 75.5 cm³/mol. The number of ether oxygens (including phenoxy) is 1. The van der Waals surface area contributed by atoms with Crippen molar-refractivity contribution in [1.82, 2.24) is 14.7 Å². The van der Waals surface area contributed by atoms with E-state index in [-0.39, 0.29) is 30.3 Å². The maximum absolute atomic E-state index is 12.6. The second-order valence-electron chi connectivity index (χ2n) is 5.83. The molecule has 0 N–H and O–H groups in total. The number of amides is 3. The maximum Gasteiger partial charge on any atom is 0.409 e. The number of methoxy groups -OCH3 is 1. The summed E-state index contributed by atoms with van der Waals surface area (Å²) in [7, 11) is 3.10. The number of carbonyl (C=O) groups excluding carboxylic acids is 3. The zero-order valence-corrected chi connectivity index (χ0v) is 12.9. The fourth-order valence-electron chi connectivity index (χ4n) is 2.93. The van der Waals surface area contributed by atoms with Crippen molar-refractivity contribution in [3.05, 3.63) is 0 Å². The number of piperidine rings is 1. The van der Waals surface area contributed by atoms with E-state index in [9.17, 15) is 14.4 Å². The minimum atomic E-state index is -0.393. The molecule has 0 spiro atoms. The zero-order chi connectivity index (χ0) is 15.6. The lowest BCUT2D eigenvalue weighted by atomic mass is 9.96. The first kappa shape index (κ1) is 15.6. The highest BCUT2D eigenvalue weighted by Crippen LogP contribution is 2.21. The lowest BCUT2D eigenvalue weighted by Crippen LogP contribution is -2.57. The second kappa shape index (κ2) is 6.32. The van der Waals surface area contributed by atoms with Gasteiger partial charge in [0.05, 0.1) is 19.6 Å². The van der Waals surface area contributed by atoms with Gasteiger partial charge in [0, 0.05) is 32.7 Å². The van der Waals surface area contributed by atoms with Crippen molar-refractivity contribution in [2.75, 3.05) is 40.3 Å². The van der Waals surface area contributed by atoms with Gasteiger partial charge >= 0.3 is 6.09 Å². The summed E-state index contributed by atoms with van der Waals surface area (Å²) >= 11 is 0. The van der Waals surface area contributed by atoms with Gasteiger partial charge in [-0.25, -0.2) is 4.79 Å². The molecule has 0 aliphatic carbocycles. The van der Waals surface area contributed by atoms with E-state index >= 15 is 0 Å². The first-order chi connectivity index (χ1) is 9.93. The monoisotopic (exact) mass is 297 g/mol. The average Bonchev–Trinajstić information content (AvgIpc) is 2.50. The third kappa shape index (κ3) is 3.28. The van der Waals surface area contributed by atoms with E-state index in [2.05, 4.69) is 0 Å². The van der Waals surface area contributed by atoms with Crippen LogP contribution in [0, 0.1) is 5.92 Å². The molecule has 2 aliphatic heterocycles. The highest BCUT2D eigenvalue weighted by molar-refractivity contribution is 5.87. The van der Waals surface area contributed by atoms with Gasteiger partial charge in [-0.15, -0.1) is 0 Å². The maximum atomic E-state index is 12.6. The Morgan fingerprint density at radius 2 is 1.95 bits per heavy atom. The van der Waals surface area contributed by atoms with Crippen LogP contribution in [-0.2, 0) is 14.3 Å². The topological polar surface area (TPSA) is 70.2 Å². The van der Waals surface area contributed by atoms with Crippen molar-refractivity contribution in [3.63, 3.8) is 0 Å². The van der Waals surface area contributed by atoms with Crippen molar-refractivity contribution in [1.29, 1.82) is 0 Å². The smallest absolute Gasteiger partial charge is 0.409 e. The molecule has 2 rings (SSSR count). The summed E-state index contributed by atoms with van der Waals surface area (Å²) in [4.78, 5) is 40.9. The molecule has 118 valence electrons. The van der Waals surface area contributed by atoms with Crippen LogP contribution in [0.15, 0.2) is 0 Å². The Morgan fingerprint density at radius 1 is 1.24 bits per heavy atom. The Labute approximate surface area is 124 Å². The standard InChI is InChI=1S/C14H23N3O4/c1-10-7-17(9-12(18)15(10)2)13(19)11-5-4-6-16(8-11)14(20)21-3/h10-11H,4-9H2,1-3H3/t10-,11+/m0/s1. The summed E-state index contributed by atoms with van der Waals surface area (Å²) in [5.41, 5.74) is 0. The molecule has 21 heavy (non-hydrogen) atoms. The van der Waals surface area contributed by atoms with Crippen LogP contribution in [0.25, 0.3) is 0 Å². The molecule has 2 atom stereocenters. The molecule has 2 heterocycles. The first-order valence-electron chi connectivity index (χ1n) is 7.31. The largest absolute Gasteiger partial charge is 0.453 e. The third-order valence-electron chi connectivity index (χ3n) is 4.38. The van der Waals surface area contributed by atoms with E-state index in [1.165, 1.54) is 7.11 Å². The van der Waals surface area contributed by atoms with Crippen molar-refractivity contribution in [2.24, 2.45) is 5.92 Å². The van der Waals surface area contributed by atoms with Crippen LogP contribution in [0.1, 0.15) is 19.8 Å². The van der Waals surface area contributed by atoms with Gasteiger partial charge in [-0.3, -0.25) is 9.59 Å². The fraction of sp³-hybridized carbons (Fsp3) is 0.786. The van der Waals surface area contributed by atoms with Crippen molar-refractivity contribution in [2.45, 2.75) is 25.8 Å². The van der Waals surface area contributed by atoms with E-state index in [0.29, 0.717) is 19.6 Å². The molecule has 0 aromatic heterocycles. The molecule has 0 unspecified atom stereocenters. The SMILES string of the molecule is COC(=O)N1CCC[C@@H](C(=O)N2CC(=O)N(C)[C@@H](C)C2)C1. The molecule has 3 amide bonds. The Morgan fingerprint density at radius 3 is 2.57 bits per heavy atom. The zero-order valence-electron chi connectivity index (χ0n) is 12.9. The fourth-order valence-corrected chi connectivity index (χ4v) is 2.93. The van der Waals surface area contributed by atoms with Crippen molar-refractivity contribution < 1.29 is 19.1 Å². The molecular formula is C14H23N3O4. The minimum Gasteiger partial charge on any atom is -0.453 e. The predicted octanol–water partition coefficient (Wildman–Crippen LogP) is 0.154. The molecule has 7 nitrogen and oxygen atoms in total. The number of piperazine rings is 1. The van der Waals surface area contributed by atoms with E-state index in [4.69, 9.17) is 4.74 Å². The lowest BCUT2D eigenvalue weighted by molar-refractivity contribution is -0.150. The van der Waals surface area contributed by atoms with E-state index in [1.54, 1.807) is 21.7 Å². The summed E-state index contributed by atoms with van der Waals surface area (Å²) in [6.07, 6.45) is 1.14.